The zero-order chi connectivity index (χ0) is 24.9. The van der Waals surface area contributed by atoms with Crippen molar-refractivity contribution in [2.75, 3.05) is 5.32 Å². The molecule has 180 valence electrons. The van der Waals surface area contributed by atoms with Crippen LogP contribution in [0.1, 0.15) is 47.7 Å². The number of carbonyl (C=O) groups excluding carboxylic acids is 1. The molecule has 1 amide bonds. The number of carbonyl (C=O) groups is 1. The Morgan fingerprint density at radius 1 is 0.944 bits per heavy atom. The van der Waals surface area contributed by atoms with Crippen LogP contribution in [0.4, 0.5) is 5.69 Å². The first-order chi connectivity index (χ1) is 17.6. The van der Waals surface area contributed by atoms with Crippen molar-refractivity contribution in [3.8, 4) is 17.2 Å². The number of hydrogen-bond donors (Lipinski definition) is 1. The molecule has 0 spiro atoms. The molecule has 0 aliphatic carbocycles. The normalized spacial score (nSPS) is 11.8. The van der Waals surface area contributed by atoms with Crippen LogP contribution in [0.15, 0.2) is 101 Å². The lowest BCUT2D eigenvalue weighted by molar-refractivity contribution is 0.102. The Morgan fingerprint density at radius 2 is 1.78 bits per heavy atom. The topological polar surface area (TPSA) is 64.4 Å². The van der Waals surface area contributed by atoms with Gasteiger partial charge in [-0.1, -0.05) is 62.4 Å². The highest BCUT2D eigenvalue weighted by molar-refractivity contribution is 6.04. The summed E-state index contributed by atoms with van der Waals surface area (Å²) in [5.74, 6) is 1.42. The smallest absolute Gasteiger partial charge is 0.255 e. The number of aromatic nitrogens is 1. The van der Waals surface area contributed by atoms with Crippen molar-refractivity contribution in [3.63, 3.8) is 0 Å². The summed E-state index contributed by atoms with van der Waals surface area (Å²) in [6, 6.07) is 30.8. The van der Waals surface area contributed by atoms with Crippen molar-refractivity contribution in [3.05, 3.63) is 114 Å². The number of anilines is 1. The molecule has 0 radical (unpaired) electrons. The highest BCUT2D eigenvalue weighted by atomic mass is 16.5. The molecule has 0 fully saturated rings. The number of fused-ring (bicyclic) bond motifs is 1. The van der Waals surface area contributed by atoms with Crippen LogP contribution in [-0.2, 0) is 6.61 Å². The van der Waals surface area contributed by atoms with Gasteiger partial charge in [-0.3, -0.25) is 4.79 Å². The maximum Gasteiger partial charge on any atom is 0.255 e. The summed E-state index contributed by atoms with van der Waals surface area (Å²) in [5, 5.41) is 2.97. The van der Waals surface area contributed by atoms with Gasteiger partial charge in [-0.15, -0.1) is 0 Å². The maximum atomic E-state index is 13.0. The molecule has 0 bridgehead atoms. The third-order valence-electron chi connectivity index (χ3n) is 6.30. The van der Waals surface area contributed by atoms with Gasteiger partial charge < -0.3 is 14.5 Å². The van der Waals surface area contributed by atoms with Crippen molar-refractivity contribution in [1.82, 2.24) is 4.98 Å². The summed E-state index contributed by atoms with van der Waals surface area (Å²) in [5.41, 5.74) is 5.89. The van der Waals surface area contributed by atoms with Crippen molar-refractivity contribution in [1.29, 1.82) is 0 Å². The minimum atomic E-state index is -0.215. The Balaban J connectivity index is 1.30. The van der Waals surface area contributed by atoms with Gasteiger partial charge in [0.2, 0.25) is 5.89 Å². The second kappa shape index (κ2) is 10.5. The summed E-state index contributed by atoms with van der Waals surface area (Å²) in [6.45, 7) is 4.83. The van der Waals surface area contributed by atoms with Gasteiger partial charge in [0.05, 0.1) is 0 Å². The van der Waals surface area contributed by atoms with Gasteiger partial charge >= 0.3 is 0 Å². The van der Waals surface area contributed by atoms with Crippen LogP contribution in [0.2, 0.25) is 0 Å². The Bertz CT molecular complexity index is 1490. The van der Waals surface area contributed by atoms with Crippen molar-refractivity contribution in [2.24, 2.45) is 0 Å². The molecule has 4 aromatic carbocycles. The van der Waals surface area contributed by atoms with E-state index in [-0.39, 0.29) is 5.91 Å². The van der Waals surface area contributed by atoms with E-state index >= 15 is 0 Å². The van der Waals surface area contributed by atoms with Crippen molar-refractivity contribution < 1.29 is 13.9 Å². The van der Waals surface area contributed by atoms with E-state index in [4.69, 9.17) is 14.1 Å². The first kappa shape index (κ1) is 23.4. The molecule has 1 atom stereocenters. The largest absolute Gasteiger partial charge is 0.489 e. The third-order valence-corrected chi connectivity index (χ3v) is 6.30. The monoisotopic (exact) mass is 476 g/mol. The van der Waals surface area contributed by atoms with Gasteiger partial charge in [-0.05, 0) is 72.0 Å². The maximum absolute atomic E-state index is 13.0. The first-order valence-corrected chi connectivity index (χ1v) is 12.2. The fourth-order valence-electron chi connectivity index (χ4n) is 4.01. The average molecular weight is 477 g/mol. The van der Waals surface area contributed by atoms with Crippen molar-refractivity contribution in [2.45, 2.75) is 32.8 Å². The Morgan fingerprint density at radius 3 is 2.61 bits per heavy atom. The minimum absolute atomic E-state index is 0.215. The number of rotatable bonds is 8. The fourth-order valence-corrected chi connectivity index (χ4v) is 4.01. The van der Waals surface area contributed by atoms with Crippen LogP contribution >= 0.6 is 0 Å². The Hall–Kier alpha value is -4.38. The summed E-state index contributed by atoms with van der Waals surface area (Å²) >= 11 is 0. The highest BCUT2D eigenvalue weighted by Gasteiger charge is 2.13. The van der Waals surface area contributed by atoms with Crippen LogP contribution in [0.5, 0.6) is 5.75 Å². The number of ether oxygens (including phenoxy) is 1. The lowest BCUT2D eigenvalue weighted by Crippen LogP contribution is -2.12. The van der Waals surface area contributed by atoms with E-state index in [1.807, 2.05) is 72.8 Å². The molecule has 0 aliphatic rings. The molecule has 0 aliphatic heterocycles. The van der Waals surface area contributed by atoms with Gasteiger partial charge in [-0.2, -0.15) is 0 Å². The molecule has 0 saturated carbocycles. The summed E-state index contributed by atoms with van der Waals surface area (Å²) in [4.78, 5) is 17.7. The average Bonchev–Trinajstić information content (AvgIpc) is 3.36. The number of nitrogens with zero attached hydrogens (tertiary/aromatic N) is 1. The second-order valence-corrected chi connectivity index (χ2v) is 8.89. The van der Waals surface area contributed by atoms with E-state index in [0.29, 0.717) is 35.4 Å². The molecule has 5 aromatic rings. The number of benzene rings is 4. The van der Waals surface area contributed by atoms with E-state index in [9.17, 15) is 4.79 Å². The summed E-state index contributed by atoms with van der Waals surface area (Å²) in [6.07, 6.45) is 1.07. The molecule has 5 rings (SSSR count). The highest BCUT2D eigenvalue weighted by Crippen LogP contribution is 2.29. The van der Waals surface area contributed by atoms with Gasteiger partial charge in [-0.25, -0.2) is 4.98 Å². The van der Waals surface area contributed by atoms with Crippen LogP contribution < -0.4 is 10.1 Å². The van der Waals surface area contributed by atoms with E-state index in [2.05, 4.69) is 31.3 Å². The van der Waals surface area contributed by atoms with Crippen LogP contribution in [0.3, 0.4) is 0 Å². The lowest BCUT2D eigenvalue weighted by atomic mass is 9.98. The second-order valence-electron chi connectivity index (χ2n) is 8.89. The predicted molar refractivity (Wildman–Crippen MR) is 143 cm³/mol. The van der Waals surface area contributed by atoms with Crippen molar-refractivity contribution >= 4 is 22.7 Å². The zero-order valence-corrected chi connectivity index (χ0v) is 20.4. The molecule has 0 unspecified atom stereocenters. The Kier molecular flexibility index (Phi) is 6.80. The predicted octanol–water partition coefficient (Wildman–Crippen LogP) is 7.84. The SMILES string of the molecule is CC[C@H](C)c1ccc2oc(-c3cccc(NC(=O)c4cccc(OCc5ccccc5)c4)c3)nc2c1. The molecule has 1 heterocycles. The molecular formula is C31H28N2O3. The minimum Gasteiger partial charge on any atom is -0.489 e. The quantitative estimate of drug-likeness (QED) is 0.248. The van der Waals surface area contributed by atoms with E-state index < -0.39 is 0 Å². The van der Waals surface area contributed by atoms with E-state index in [0.717, 1.165) is 28.6 Å². The van der Waals surface area contributed by atoms with E-state index in [1.165, 1.54) is 5.56 Å². The molecule has 1 aromatic heterocycles. The first-order valence-electron chi connectivity index (χ1n) is 12.2. The molecule has 5 heteroatoms. The summed E-state index contributed by atoms with van der Waals surface area (Å²) in [7, 11) is 0. The van der Waals surface area contributed by atoms with Gasteiger partial charge in [0, 0.05) is 16.8 Å². The van der Waals surface area contributed by atoms with Gasteiger partial charge in [0.15, 0.2) is 5.58 Å². The number of nitrogens with one attached hydrogen (secondary N) is 1. The number of hydrogen-bond acceptors (Lipinski definition) is 4. The van der Waals surface area contributed by atoms with Crippen LogP contribution in [0.25, 0.3) is 22.6 Å². The van der Waals surface area contributed by atoms with E-state index in [1.54, 1.807) is 12.1 Å². The standard InChI is InChI=1S/C31H28N2O3/c1-3-21(2)23-15-16-29-28(19-23)33-31(36-29)25-12-7-13-26(17-25)32-30(34)24-11-8-14-27(18-24)35-20-22-9-5-4-6-10-22/h4-19,21H,3,20H2,1-2H3,(H,32,34)/t21-/m0/s1. The zero-order valence-electron chi connectivity index (χ0n) is 20.4. The number of oxazole rings is 1. The lowest BCUT2D eigenvalue weighted by Gasteiger charge is -2.09. The van der Waals surface area contributed by atoms with Crippen LogP contribution in [-0.4, -0.2) is 10.9 Å². The van der Waals surface area contributed by atoms with Crippen LogP contribution in [0, 0.1) is 0 Å². The Labute approximate surface area is 210 Å². The molecule has 1 N–H and O–H groups in total. The van der Waals surface area contributed by atoms with Gasteiger partial charge in [0.25, 0.3) is 5.91 Å². The molecule has 5 nitrogen and oxygen atoms in total. The fraction of sp³-hybridized carbons (Fsp3) is 0.161. The molecular weight excluding hydrogens is 448 g/mol. The number of amides is 1. The summed E-state index contributed by atoms with van der Waals surface area (Å²) < 4.78 is 11.9. The molecule has 36 heavy (non-hydrogen) atoms. The van der Waals surface area contributed by atoms with Gasteiger partial charge in [0.1, 0.15) is 17.9 Å². The third kappa shape index (κ3) is 5.31. The molecule has 0 saturated heterocycles.